The summed E-state index contributed by atoms with van der Waals surface area (Å²) in [4.78, 5) is 3.21. The number of nitrogens with zero attached hydrogens (tertiary/aromatic N) is 1. The molecule has 1 saturated heterocycles. The Morgan fingerprint density at radius 1 is 1.35 bits per heavy atom. The van der Waals surface area contributed by atoms with Crippen LogP contribution in [0.25, 0.3) is 0 Å². The fraction of sp³-hybridized carbons (Fsp3) is 0.600. The number of hydrogen-bond donors (Lipinski definition) is 1. The van der Waals surface area contributed by atoms with Crippen LogP contribution in [0.2, 0.25) is 4.34 Å². The minimum Gasteiger partial charge on any atom is -0.314 e. The van der Waals surface area contributed by atoms with Crippen molar-refractivity contribution >= 4 is 47.8 Å². The Morgan fingerprint density at radius 2 is 2.00 bits per heavy atom. The minimum absolute atomic E-state index is 0. The first-order valence-electron chi connectivity index (χ1n) is 5.07. The minimum atomic E-state index is -0.336. The Bertz CT molecular complexity index is 318. The molecule has 0 spiro atoms. The highest BCUT2D eigenvalue weighted by molar-refractivity contribution is 7.16. The van der Waals surface area contributed by atoms with Gasteiger partial charge in [-0.15, -0.1) is 36.2 Å². The number of piperazine rings is 1. The summed E-state index contributed by atoms with van der Waals surface area (Å²) in [6.07, 6.45) is 0. The van der Waals surface area contributed by atoms with Crippen LogP contribution in [0, 0.1) is 0 Å². The van der Waals surface area contributed by atoms with E-state index in [0.29, 0.717) is 0 Å². The maximum Gasteiger partial charge on any atom is 0.110 e. The number of alkyl halides is 1. The monoisotopic (exact) mass is 320 g/mol. The van der Waals surface area contributed by atoms with Gasteiger partial charge in [0, 0.05) is 31.1 Å². The molecule has 1 atom stereocenters. The zero-order valence-electron chi connectivity index (χ0n) is 9.20. The molecule has 17 heavy (non-hydrogen) atoms. The third kappa shape index (κ3) is 4.54. The molecule has 0 amide bonds. The average Bonchev–Trinajstić information content (AvgIpc) is 2.68. The molecule has 1 aromatic rings. The van der Waals surface area contributed by atoms with Gasteiger partial charge in [0.05, 0.1) is 10.4 Å². The molecule has 1 aliphatic heterocycles. The molecule has 1 aromatic heterocycles. The summed E-state index contributed by atoms with van der Waals surface area (Å²) in [6, 6.07) is 3.66. The first-order chi connectivity index (χ1) is 7.31. The van der Waals surface area contributed by atoms with Crippen LogP contribution in [0.1, 0.15) is 10.9 Å². The van der Waals surface area contributed by atoms with Crippen LogP contribution in [-0.4, -0.2) is 37.8 Å². The van der Waals surface area contributed by atoms with E-state index >= 15 is 0 Å². The molecule has 2 heterocycles. The summed E-state index contributed by atoms with van der Waals surface area (Å²) in [6.45, 7) is 3.36. The third-order valence-electron chi connectivity index (χ3n) is 2.66. The predicted molar refractivity (Wildman–Crippen MR) is 77.0 cm³/mol. The summed E-state index contributed by atoms with van der Waals surface area (Å²) in [7, 11) is 0. The van der Waals surface area contributed by atoms with Crippen LogP contribution in [0.4, 0.5) is 4.39 Å². The van der Waals surface area contributed by atoms with E-state index in [9.17, 15) is 4.39 Å². The summed E-state index contributed by atoms with van der Waals surface area (Å²) < 4.78 is 13.8. The van der Waals surface area contributed by atoms with Crippen LogP contribution in [0.15, 0.2) is 12.1 Å². The maximum absolute atomic E-state index is 13.0. The van der Waals surface area contributed by atoms with Gasteiger partial charge >= 0.3 is 0 Å². The Morgan fingerprint density at radius 3 is 2.47 bits per heavy atom. The van der Waals surface area contributed by atoms with E-state index in [1.807, 2.05) is 12.1 Å². The van der Waals surface area contributed by atoms with Gasteiger partial charge < -0.3 is 5.32 Å². The van der Waals surface area contributed by atoms with Crippen molar-refractivity contribution in [3.8, 4) is 0 Å². The van der Waals surface area contributed by atoms with Crippen LogP contribution in [0.5, 0.6) is 0 Å². The topological polar surface area (TPSA) is 15.3 Å². The fourth-order valence-corrected chi connectivity index (χ4v) is 3.03. The van der Waals surface area contributed by atoms with Crippen LogP contribution >= 0.6 is 47.8 Å². The zero-order chi connectivity index (χ0) is 10.7. The summed E-state index contributed by atoms with van der Waals surface area (Å²) >= 11 is 7.34. The van der Waals surface area contributed by atoms with Crippen molar-refractivity contribution < 1.29 is 4.39 Å². The van der Waals surface area contributed by atoms with Crippen molar-refractivity contribution in [3.05, 3.63) is 21.3 Å². The normalized spacial score (nSPS) is 18.0. The van der Waals surface area contributed by atoms with Gasteiger partial charge in [0.2, 0.25) is 0 Å². The van der Waals surface area contributed by atoms with Gasteiger partial charge in [-0.05, 0) is 12.1 Å². The standard InChI is InChI=1S/C10H14ClFN2S.2ClH/c11-10-2-1-9(15-10)8(7-12)14-5-3-13-4-6-14;;/h1-2,8,13H,3-7H2;2*1H/t8-;;/m1../s1. The molecule has 100 valence electrons. The van der Waals surface area contributed by atoms with Crippen molar-refractivity contribution in [2.75, 3.05) is 32.9 Å². The second-order valence-corrected chi connectivity index (χ2v) is 5.34. The summed E-state index contributed by atoms with van der Waals surface area (Å²) in [5.41, 5.74) is 0. The van der Waals surface area contributed by atoms with Gasteiger partial charge in [0.15, 0.2) is 0 Å². The van der Waals surface area contributed by atoms with E-state index in [1.54, 1.807) is 0 Å². The van der Waals surface area contributed by atoms with Crippen LogP contribution in [-0.2, 0) is 0 Å². The lowest BCUT2D eigenvalue weighted by Gasteiger charge is -2.32. The Kier molecular flexibility index (Phi) is 8.72. The van der Waals surface area contributed by atoms with Crippen molar-refractivity contribution in [3.63, 3.8) is 0 Å². The second kappa shape index (κ2) is 8.51. The Labute approximate surface area is 122 Å². The molecule has 7 heteroatoms. The van der Waals surface area contributed by atoms with E-state index in [0.717, 1.165) is 35.4 Å². The molecule has 0 aromatic carbocycles. The zero-order valence-corrected chi connectivity index (χ0v) is 12.4. The van der Waals surface area contributed by atoms with Gasteiger partial charge in [-0.3, -0.25) is 4.90 Å². The largest absolute Gasteiger partial charge is 0.314 e. The molecule has 0 saturated carbocycles. The molecule has 1 fully saturated rings. The number of halogens is 4. The Hall–Kier alpha value is 0.420. The lowest BCUT2D eigenvalue weighted by Crippen LogP contribution is -2.45. The lowest BCUT2D eigenvalue weighted by molar-refractivity contribution is 0.150. The summed E-state index contributed by atoms with van der Waals surface area (Å²) in [5, 5.41) is 3.26. The number of thiophene rings is 1. The smallest absolute Gasteiger partial charge is 0.110 e. The highest BCUT2D eigenvalue weighted by Crippen LogP contribution is 2.30. The molecule has 0 radical (unpaired) electrons. The van der Waals surface area contributed by atoms with Gasteiger partial charge in [-0.25, -0.2) is 4.39 Å². The van der Waals surface area contributed by atoms with Gasteiger partial charge in [0.1, 0.15) is 6.67 Å². The van der Waals surface area contributed by atoms with Crippen molar-refractivity contribution in [1.82, 2.24) is 10.2 Å². The van der Waals surface area contributed by atoms with Crippen LogP contribution < -0.4 is 5.32 Å². The van der Waals surface area contributed by atoms with Gasteiger partial charge in [0.25, 0.3) is 0 Å². The van der Waals surface area contributed by atoms with E-state index in [1.165, 1.54) is 11.3 Å². The number of rotatable bonds is 3. The lowest BCUT2D eigenvalue weighted by atomic mass is 10.2. The highest BCUT2D eigenvalue weighted by Gasteiger charge is 2.23. The molecule has 0 bridgehead atoms. The SMILES string of the molecule is Cl.Cl.FC[C@H](c1ccc(Cl)s1)N1CCNCC1. The van der Waals surface area contributed by atoms with Crippen molar-refractivity contribution in [2.24, 2.45) is 0 Å². The van der Waals surface area contributed by atoms with Gasteiger partial charge in [-0.2, -0.15) is 0 Å². The van der Waals surface area contributed by atoms with Crippen LogP contribution in [0.3, 0.4) is 0 Å². The first kappa shape index (κ1) is 17.4. The Balaban J connectivity index is 0.00000128. The molecule has 2 nitrogen and oxygen atoms in total. The quantitative estimate of drug-likeness (QED) is 0.920. The maximum atomic E-state index is 13.0. The molecular formula is C10H16Cl3FN2S. The molecule has 0 aliphatic carbocycles. The van der Waals surface area contributed by atoms with E-state index < -0.39 is 0 Å². The van der Waals surface area contributed by atoms with E-state index in [2.05, 4.69) is 10.2 Å². The predicted octanol–water partition coefficient (Wildman–Crippen LogP) is 3.16. The van der Waals surface area contributed by atoms with Crippen molar-refractivity contribution in [2.45, 2.75) is 6.04 Å². The fourth-order valence-electron chi connectivity index (χ4n) is 1.85. The molecular weight excluding hydrogens is 306 g/mol. The van der Waals surface area contributed by atoms with E-state index in [-0.39, 0.29) is 37.5 Å². The third-order valence-corrected chi connectivity index (χ3v) is 3.99. The second-order valence-electron chi connectivity index (χ2n) is 3.60. The molecule has 2 rings (SSSR count). The van der Waals surface area contributed by atoms with Gasteiger partial charge in [-0.1, -0.05) is 11.6 Å². The molecule has 1 N–H and O–H groups in total. The number of nitrogens with one attached hydrogen (secondary N) is 1. The van der Waals surface area contributed by atoms with Crippen molar-refractivity contribution in [1.29, 1.82) is 0 Å². The van der Waals surface area contributed by atoms with E-state index in [4.69, 9.17) is 11.6 Å². The number of hydrogen-bond acceptors (Lipinski definition) is 3. The summed E-state index contributed by atoms with van der Waals surface area (Å²) in [5.74, 6) is 0. The molecule has 0 unspecified atom stereocenters. The first-order valence-corrected chi connectivity index (χ1v) is 6.26. The molecule has 1 aliphatic rings. The average molecular weight is 322 g/mol. The highest BCUT2D eigenvalue weighted by atomic mass is 35.5.